The molecule has 36 heavy (non-hydrogen) atoms. The van der Waals surface area contributed by atoms with Crippen LogP contribution in [0.1, 0.15) is 24.0 Å². The third-order valence-electron chi connectivity index (χ3n) is 7.79. The van der Waals surface area contributed by atoms with Gasteiger partial charge in [0.1, 0.15) is 0 Å². The van der Waals surface area contributed by atoms with Crippen LogP contribution in [0.5, 0.6) is 0 Å². The molecule has 0 amide bonds. The molecule has 0 bridgehead atoms. The highest BCUT2D eigenvalue weighted by molar-refractivity contribution is 14.1. The van der Waals surface area contributed by atoms with Crippen LogP contribution in [0.4, 0.5) is 0 Å². The lowest BCUT2D eigenvalue weighted by molar-refractivity contribution is 0.998. The molecule has 2 heteroatoms. The minimum Gasteiger partial charge on any atom is -0.0715 e. The van der Waals surface area contributed by atoms with Gasteiger partial charge in [-0.1, -0.05) is 91.0 Å². The molecule has 174 valence electrons. The first-order valence-electron chi connectivity index (χ1n) is 12.6. The van der Waals surface area contributed by atoms with Crippen LogP contribution in [0.2, 0.25) is 0 Å². The van der Waals surface area contributed by atoms with Crippen molar-refractivity contribution in [1.29, 1.82) is 0 Å². The third-order valence-corrected chi connectivity index (χ3v) is 9.56. The number of hydrogen-bond acceptors (Lipinski definition) is 0. The Morgan fingerprint density at radius 1 is 0.583 bits per heavy atom. The Bertz CT molecular complexity index is 1770. The van der Waals surface area contributed by atoms with Crippen LogP contribution >= 0.6 is 45.2 Å². The normalized spacial score (nSPS) is 16.3. The van der Waals surface area contributed by atoms with Gasteiger partial charge in [0.05, 0.1) is 0 Å². The number of hydrogen-bond donors (Lipinski definition) is 0. The van der Waals surface area contributed by atoms with Crippen molar-refractivity contribution < 1.29 is 0 Å². The van der Waals surface area contributed by atoms with Gasteiger partial charge < -0.3 is 0 Å². The molecule has 0 radical (unpaired) electrons. The third kappa shape index (κ3) is 3.76. The fourth-order valence-corrected chi connectivity index (χ4v) is 7.53. The van der Waals surface area contributed by atoms with Crippen molar-refractivity contribution in [3.05, 3.63) is 125 Å². The van der Waals surface area contributed by atoms with Crippen LogP contribution in [0.3, 0.4) is 0 Å². The van der Waals surface area contributed by atoms with E-state index in [2.05, 4.69) is 142 Å². The first-order chi connectivity index (χ1) is 17.7. The van der Waals surface area contributed by atoms with Crippen molar-refractivity contribution in [2.24, 2.45) is 0 Å². The number of allylic oxidation sites excluding steroid dienone is 6. The minimum atomic E-state index is 1.09. The predicted octanol–water partition coefficient (Wildman–Crippen LogP) is 8.67. The second kappa shape index (κ2) is 9.14. The summed E-state index contributed by atoms with van der Waals surface area (Å²) in [5.74, 6) is 0. The average molecular weight is 686 g/mol. The lowest BCUT2D eigenvalue weighted by atomic mass is 9.83. The molecule has 3 aliphatic carbocycles. The number of fused-ring (bicyclic) bond motifs is 4. The van der Waals surface area contributed by atoms with E-state index in [0.717, 1.165) is 12.8 Å². The summed E-state index contributed by atoms with van der Waals surface area (Å²) >= 11 is 4.91. The molecule has 0 aliphatic heterocycles. The first kappa shape index (κ1) is 22.7. The van der Waals surface area contributed by atoms with Gasteiger partial charge in [-0.25, -0.2) is 0 Å². The van der Waals surface area contributed by atoms with Crippen LogP contribution in [-0.4, -0.2) is 0 Å². The van der Waals surface area contributed by atoms with Crippen molar-refractivity contribution in [3.63, 3.8) is 0 Å². The highest BCUT2D eigenvalue weighted by atomic mass is 127. The van der Waals surface area contributed by atoms with Crippen molar-refractivity contribution in [3.8, 4) is 0 Å². The van der Waals surface area contributed by atoms with Gasteiger partial charge in [0.2, 0.25) is 0 Å². The molecule has 0 saturated heterocycles. The van der Waals surface area contributed by atoms with Gasteiger partial charge in [-0.15, -0.1) is 0 Å². The maximum absolute atomic E-state index is 2.49. The number of rotatable bonds is 0. The molecule has 0 nitrogen and oxygen atoms in total. The second-order valence-corrected chi connectivity index (χ2v) is 12.2. The molecule has 0 saturated carbocycles. The van der Waals surface area contributed by atoms with E-state index in [-0.39, 0.29) is 0 Å². The monoisotopic (exact) mass is 686 g/mol. The quantitative estimate of drug-likeness (QED) is 0.113. The van der Waals surface area contributed by atoms with E-state index >= 15 is 0 Å². The smallest absolute Gasteiger partial charge is 0.0162 e. The van der Waals surface area contributed by atoms with Gasteiger partial charge in [0, 0.05) is 7.16 Å². The Morgan fingerprint density at radius 2 is 1.19 bits per heavy atom. The summed E-state index contributed by atoms with van der Waals surface area (Å²) in [5.41, 5.74) is 6.19. The summed E-state index contributed by atoms with van der Waals surface area (Å²) in [4.78, 5) is 0. The first-order valence-corrected chi connectivity index (χ1v) is 14.7. The largest absolute Gasteiger partial charge is 0.0715 e. The Kier molecular flexibility index (Phi) is 5.77. The fraction of sp³-hybridized carbons (Fsp3) is 0.118. The van der Waals surface area contributed by atoms with Crippen LogP contribution in [0, 0.1) is 0 Å². The molecule has 8 rings (SSSR count). The molecule has 0 spiro atoms. The topological polar surface area (TPSA) is 0 Å². The molecule has 5 aromatic carbocycles. The van der Waals surface area contributed by atoms with Gasteiger partial charge in [0.25, 0.3) is 0 Å². The molecular formula is C34H24I2. The summed E-state index contributed by atoms with van der Waals surface area (Å²) in [7, 11) is 0. The molecule has 0 heterocycles. The van der Waals surface area contributed by atoms with Crippen LogP contribution in [0.15, 0.2) is 104 Å². The lowest BCUT2D eigenvalue weighted by Crippen LogP contribution is -2.27. The zero-order valence-corrected chi connectivity index (χ0v) is 24.1. The van der Waals surface area contributed by atoms with Crippen molar-refractivity contribution in [2.75, 3.05) is 0 Å². The molecule has 3 aliphatic rings. The Balaban J connectivity index is 0.000000125. The maximum Gasteiger partial charge on any atom is 0.0162 e. The average Bonchev–Trinajstić information content (AvgIpc) is 2.92. The van der Waals surface area contributed by atoms with Crippen LogP contribution < -0.4 is 10.4 Å². The van der Waals surface area contributed by atoms with Crippen LogP contribution in [0.25, 0.3) is 44.0 Å². The summed E-state index contributed by atoms with van der Waals surface area (Å²) in [6.45, 7) is 0. The van der Waals surface area contributed by atoms with E-state index in [1.807, 2.05) is 0 Å². The highest BCUT2D eigenvalue weighted by Crippen LogP contribution is 2.36. The van der Waals surface area contributed by atoms with Crippen molar-refractivity contribution >= 4 is 89.1 Å². The second-order valence-electron chi connectivity index (χ2n) is 9.78. The molecule has 0 N–H and O–H groups in total. The van der Waals surface area contributed by atoms with E-state index in [0.29, 0.717) is 0 Å². The molecule has 0 unspecified atom stereocenters. The van der Waals surface area contributed by atoms with Gasteiger partial charge in [-0.3, -0.25) is 0 Å². The molecule has 0 aromatic heterocycles. The van der Waals surface area contributed by atoms with Crippen molar-refractivity contribution in [2.45, 2.75) is 25.7 Å². The Hall–Kier alpha value is -2.44. The molecular weight excluding hydrogens is 662 g/mol. The number of benzene rings is 5. The standard InChI is InChI=1S/C18H14I2.C16H10/c19-12-5-7-13-11(10-12)4-6-16-14-2-1-3-18(20)17(14)9-8-15(13)16;1-3-11-7-9-13-5-2-6-14-10-8-12(4-1)15(11)16(13)14/h3-6,9-10H,1-2,7-8H2;1-10H. The fourth-order valence-electron chi connectivity index (χ4n) is 6.12. The lowest BCUT2D eigenvalue weighted by Gasteiger charge is -2.24. The van der Waals surface area contributed by atoms with E-state index < -0.39 is 0 Å². The van der Waals surface area contributed by atoms with E-state index in [4.69, 9.17) is 0 Å². The van der Waals surface area contributed by atoms with Crippen LogP contribution in [-0.2, 0) is 12.8 Å². The summed E-state index contributed by atoms with van der Waals surface area (Å²) < 4.78 is 2.80. The maximum atomic E-state index is 2.49. The predicted molar refractivity (Wildman–Crippen MR) is 173 cm³/mol. The van der Waals surface area contributed by atoms with Gasteiger partial charge >= 0.3 is 0 Å². The summed E-state index contributed by atoms with van der Waals surface area (Å²) in [5, 5.41) is 11.1. The Labute approximate surface area is 238 Å². The zero-order chi connectivity index (χ0) is 24.2. The van der Waals surface area contributed by atoms with E-state index in [1.165, 1.54) is 68.3 Å². The zero-order valence-electron chi connectivity index (χ0n) is 19.8. The molecule has 5 aromatic rings. The van der Waals surface area contributed by atoms with Gasteiger partial charge in [-0.05, 0) is 142 Å². The highest BCUT2D eigenvalue weighted by Gasteiger charge is 2.20. The molecule has 0 atom stereocenters. The molecule has 0 fully saturated rings. The minimum absolute atomic E-state index is 1.09. The van der Waals surface area contributed by atoms with Gasteiger partial charge in [0.15, 0.2) is 0 Å². The van der Waals surface area contributed by atoms with Gasteiger partial charge in [-0.2, -0.15) is 0 Å². The van der Waals surface area contributed by atoms with E-state index in [1.54, 1.807) is 16.7 Å². The van der Waals surface area contributed by atoms with Crippen molar-refractivity contribution in [1.82, 2.24) is 0 Å². The van der Waals surface area contributed by atoms with E-state index in [9.17, 15) is 0 Å². The Morgan fingerprint density at radius 3 is 1.83 bits per heavy atom. The summed E-state index contributed by atoms with van der Waals surface area (Å²) in [6, 6.07) is 26.5. The summed E-state index contributed by atoms with van der Waals surface area (Å²) in [6.07, 6.45) is 14.0. The number of halogens is 2. The SMILES string of the molecule is IC1=CCc2c3c(ccc2=C1)=C1CCC=C(I)C1=CC3.c1cc2ccc3cccc4ccc(c1)c2c34.